The molecule has 0 amide bonds. The summed E-state index contributed by atoms with van der Waals surface area (Å²) in [5, 5.41) is 17.8. The molecule has 1 atom stereocenters. The molecule has 1 unspecified atom stereocenters. The second kappa shape index (κ2) is 11.1. The molecule has 4 aliphatic rings. The molecule has 6 heterocycles. The Kier molecular flexibility index (Phi) is 7.41. The molecule has 7 rings (SSSR count). The van der Waals surface area contributed by atoms with E-state index in [1.54, 1.807) is 24.4 Å². The first kappa shape index (κ1) is 26.0. The predicted octanol–water partition coefficient (Wildman–Crippen LogP) is 3.14. The van der Waals surface area contributed by atoms with Gasteiger partial charge in [0.1, 0.15) is 5.82 Å². The van der Waals surface area contributed by atoms with Crippen LogP contribution in [0, 0.1) is 5.92 Å². The van der Waals surface area contributed by atoms with Gasteiger partial charge in [0.25, 0.3) is 0 Å². The minimum Gasteiger partial charge on any atom is -0.416 e. The third-order valence-electron chi connectivity index (χ3n) is 7.67. The monoisotopic (exact) mass is 554 g/mol. The van der Waals surface area contributed by atoms with Gasteiger partial charge in [-0.15, -0.1) is 10.2 Å². The van der Waals surface area contributed by atoms with Crippen LogP contribution in [0.25, 0.3) is 22.9 Å². The van der Waals surface area contributed by atoms with Gasteiger partial charge < -0.3 is 24.1 Å². The Balaban J connectivity index is 1.34. The number of nitrogens with zero attached hydrogens (tertiary/aromatic N) is 5. The highest BCUT2D eigenvalue weighted by molar-refractivity contribution is 7.92. The van der Waals surface area contributed by atoms with E-state index in [2.05, 4.69) is 29.7 Å². The molecule has 12 heteroatoms. The number of rotatable bonds is 4. The molecule has 0 spiro atoms. The number of aromatic nitrogens is 3. The van der Waals surface area contributed by atoms with E-state index in [4.69, 9.17) is 14.3 Å². The van der Waals surface area contributed by atoms with Crippen molar-refractivity contribution in [3.05, 3.63) is 36.5 Å². The Hall–Kier alpha value is -3.22. The van der Waals surface area contributed by atoms with Crippen LogP contribution in [0.2, 0.25) is 0 Å². The highest BCUT2D eigenvalue weighted by atomic mass is 32.2. The zero-order valence-corrected chi connectivity index (χ0v) is 22.6. The van der Waals surface area contributed by atoms with Gasteiger partial charge in [0.05, 0.1) is 35.4 Å². The number of anilines is 3. The molecule has 4 aliphatic heterocycles. The summed E-state index contributed by atoms with van der Waals surface area (Å²) < 4.78 is 39.4. The molecule has 0 aliphatic carbocycles. The zero-order chi connectivity index (χ0) is 26.8. The number of hydrogen-bond donors (Lipinski definition) is 2. The van der Waals surface area contributed by atoms with Crippen molar-refractivity contribution in [2.75, 3.05) is 59.7 Å². The molecular weight excluding hydrogens is 520 g/mol. The predicted molar refractivity (Wildman–Crippen MR) is 148 cm³/mol. The van der Waals surface area contributed by atoms with Crippen LogP contribution in [0.4, 0.5) is 17.2 Å². The van der Waals surface area contributed by atoms with Crippen LogP contribution < -0.4 is 14.5 Å². The summed E-state index contributed by atoms with van der Waals surface area (Å²) in [6, 6.07) is 9.11. The largest absolute Gasteiger partial charge is 0.416 e. The van der Waals surface area contributed by atoms with E-state index < -0.39 is 16.6 Å². The number of fused-ring (bicyclic) bond motifs is 4. The topological polar surface area (TPSA) is 134 Å². The number of aliphatic hydroxyl groups is 1. The SMILES string of the molecule is O=S(=O)(CCO)Nc1ccc2c(c1)N1CC(C1)OCCCCC1CCCN(C1)c1cc(ccn1)-c1nnc-2o1. The summed E-state index contributed by atoms with van der Waals surface area (Å²) in [4.78, 5) is 9.12. The lowest BCUT2D eigenvalue weighted by molar-refractivity contribution is 0.0316. The van der Waals surface area contributed by atoms with Crippen molar-refractivity contribution < 1.29 is 22.7 Å². The average molecular weight is 555 g/mol. The fourth-order valence-electron chi connectivity index (χ4n) is 5.60. The maximum Gasteiger partial charge on any atom is 0.250 e. The minimum absolute atomic E-state index is 0.116. The fraction of sp³-hybridized carbons (Fsp3) is 0.519. The van der Waals surface area contributed by atoms with Crippen LogP contribution in [0.5, 0.6) is 0 Å². The van der Waals surface area contributed by atoms with Crippen molar-refractivity contribution in [1.82, 2.24) is 15.2 Å². The van der Waals surface area contributed by atoms with E-state index in [0.717, 1.165) is 56.0 Å². The van der Waals surface area contributed by atoms with Gasteiger partial charge in [0.2, 0.25) is 21.8 Å². The Morgan fingerprint density at radius 1 is 1.00 bits per heavy atom. The average Bonchev–Trinajstić information content (AvgIpc) is 3.39. The third-order valence-corrected chi connectivity index (χ3v) is 8.94. The van der Waals surface area contributed by atoms with Crippen molar-refractivity contribution in [2.45, 2.75) is 38.2 Å². The molecule has 2 saturated heterocycles. The Labute approximate surface area is 228 Å². The smallest absolute Gasteiger partial charge is 0.250 e. The Morgan fingerprint density at radius 3 is 2.72 bits per heavy atom. The van der Waals surface area contributed by atoms with Crippen molar-refractivity contribution in [1.29, 1.82) is 0 Å². The van der Waals surface area contributed by atoms with Crippen molar-refractivity contribution in [3.8, 4) is 22.9 Å². The normalized spacial score (nSPS) is 21.7. The van der Waals surface area contributed by atoms with Gasteiger partial charge >= 0.3 is 0 Å². The molecule has 0 radical (unpaired) electrons. The maximum absolute atomic E-state index is 12.3. The lowest BCUT2D eigenvalue weighted by Crippen LogP contribution is -2.52. The molecule has 3 aromatic rings. The van der Waals surface area contributed by atoms with Crippen molar-refractivity contribution in [2.24, 2.45) is 5.92 Å². The molecule has 11 nitrogen and oxygen atoms in total. The number of nitrogens with one attached hydrogen (secondary N) is 1. The zero-order valence-electron chi connectivity index (χ0n) is 21.8. The van der Waals surface area contributed by atoms with E-state index in [-0.39, 0.29) is 11.9 Å². The van der Waals surface area contributed by atoms with Crippen LogP contribution in [0.1, 0.15) is 32.1 Å². The molecule has 8 bridgehead atoms. The van der Waals surface area contributed by atoms with Crippen LogP contribution in [0.15, 0.2) is 40.9 Å². The second-order valence-corrected chi connectivity index (χ2v) is 12.4. The summed E-state index contributed by atoms with van der Waals surface area (Å²) >= 11 is 0. The molecular formula is C27H34N6O5S. The first-order valence-electron chi connectivity index (χ1n) is 13.6. The number of pyridine rings is 1. The van der Waals surface area contributed by atoms with E-state index in [9.17, 15) is 8.42 Å². The first-order valence-corrected chi connectivity index (χ1v) is 15.3. The van der Waals surface area contributed by atoms with Crippen LogP contribution in [-0.2, 0) is 14.8 Å². The third kappa shape index (κ3) is 5.87. The second-order valence-electron chi connectivity index (χ2n) is 10.5. The highest BCUT2D eigenvalue weighted by Crippen LogP contribution is 2.37. The molecule has 2 fully saturated rings. The van der Waals surface area contributed by atoms with Gasteiger partial charge in [0, 0.05) is 44.5 Å². The molecule has 39 heavy (non-hydrogen) atoms. The summed E-state index contributed by atoms with van der Waals surface area (Å²) in [6.45, 7) is 3.64. The number of piperidine rings is 1. The van der Waals surface area contributed by atoms with Gasteiger partial charge in [-0.1, -0.05) is 6.42 Å². The molecule has 208 valence electrons. The molecule has 0 saturated carbocycles. The van der Waals surface area contributed by atoms with Crippen molar-refractivity contribution in [3.63, 3.8) is 0 Å². The number of sulfonamides is 1. The first-order chi connectivity index (χ1) is 19.0. The number of hydrogen-bond acceptors (Lipinski definition) is 10. The summed E-state index contributed by atoms with van der Waals surface area (Å²) in [6.07, 6.45) is 7.68. The van der Waals surface area contributed by atoms with Gasteiger partial charge in [-0.2, -0.15) is 0 Å². The Bertz CT molecular complexity index is 1410. The van der Waals surface area contributed by atoms with E-state index in [0.29, 0.717) is 42.0 Å². The Morgan fingerprint density at radius 2 is 1.85 bits per heavy atom. The summed E-state index contributed by atoms with van der Waals surface area (Å²) in [5.74, 6) is 1.96. The minimum atomic E-state index is -3.67. The molecule has 1 aromatic carbocycles. The number of aliphatic hydroxyl groups excluding tert-OH is 1. The molecule has 2 aromatic heterocycles. The highest BCUT2D eigenvalue weighted by Gasteiger charge is 2.31. The lowest BCUT2D eigenvalue weighted by Gasteiger charge is -2.41. The number of benzene rings is 1. The van der Waals surface area contributed by atoms with Crippen LogP contribution in [-0.4, -0.2) is 80.0 Å². The number of ether oxygens (including phenoxy) is 1. The van der Waals surface area contributed by atoms with Gasteiger partial charge in [0.15, 0.2) is 0 Å². The summed E-state index contributed by atoms with van der Waals surface area (Å²) in [7, 11) is -3.67. The molecule has 2 N–H and O–H groups in total. The van der Waals surface area contributed by atoms with Crippen LogP contribution in [0.3, 0.4) is 0 Å². The van der Waals surface area contributed by atoms with E-state index in [1.165, 1.54) is 12.8 Å². The lowest BCUT2D eigenvalue weighted by atomic mass is 9.92. The van der Waals surface area contributed by atoms with Gasteiger partial charge in [-0.25, -0.2) is 13.4 Å². The van der Waals surface area contributed by atoms with Crippen LogP contribution >= 0.6 is 0 Å². The fourth-order valence-corrected chi connectivity index (χ4v) is 6.42. The van der Waals surface area contributed by atoms with Gasteiger partial charge in [-0.3, -0.25) is 4.72 Å². The summed E-state index contributed by atoms with van der Waals surface area (Å²) in [5.41, 5.74) is 2.71. The standard InChI is InChI=1S/C27H34N6O5S/c34-11-13-39(35,36)31-21-6-7-23-24(15-21)33-17-22(18-33)37-12-2-1-4-19-5-3-10-32(16-19)25-14-20(8-9-28-25)26-29-30-27(23)38-26/h6-9,14-15,19,22,31,34H,1-5,10-13,16-18H2. The van der Waals surface area contributed by atoms with E-state index in [1.807, 2.05) is 12.1 Å². The van der Waals surface area contributed by atoms with Gasteiger partial charge in [-0.05, 0) is 61.9 Å². The quantitative estimate of drug-likeness (QED) is 0.495. The van der Waals surface area contributed by atoms with E-state index >= 15 is 0 Å². The maximum atomic E-state index is 12.3. The van der Waals surface area contributed by atoms with Crippen molar-refractivity contribution >= 4 is 27.2 Å².